The molecule has 17 nitrogen and oxygen atoms in total. The van der Waals surface area contributed by atoms with Gasteiger partial charge in [0.25, 0.3) is 20.0 Å². The lowest BCUT2D eigenvalue weighted by molar-refractivity contribution is -0.0839. The summed E-state index contributed by atoms with van der Waals surface area (Å²) >= 11 is 0. The van der Waals surface area contributed by atoms with Crippen molar-refractivity contribution in [1.29, 1.82) is 0 Å². The van der Waals surface area contributed by atoms with Gasteiger partial charge in [0.05, 0.1) is 36.5 Å². The average molecular weight is 545 g/mol. The number of hydrogen-bond donors (Lipinski definition) is 6. The molecule has 8 N–H and O–H groups in total. The molecule has 0 aliphatic carbocycles. The van der Waals surface area contributed by atoms with Gasteiger partial charge in [-0.05, 0) is 58.9 Å². The SMILES string of the molecule is NNS(=O)(=O)c1ccc(Oc2ccc(S(=O)(=O)NN)cc2)cc1.O=NC1(N=O)NCN2CNCN1C2. The van der Waals surface area contributed by atoms with Gasteiger partial charge in [0.15, 0.2) is 0 Å². The smallest absolute Gasteiger partial charge is 0.346 e. The van der Waals surface area contributed by atoms with E-state index < -0.39 is 26.0 Å². The van der Waals surface area contributed by atoms with E-state index in [1.807, 2.05) is 4.90 Å². The third-order valence-corrected chi connectivity index (χ3v) is 7.46. The largest absolute Gasteiger partial charge is 0.457 e. The molecule has 2 aliphatic heterocycles. The lowest BCUT2D eigenvalue weighted by Gasteiger charge is -2.46. The minimum absolute atomic E-state index is 0.0113. The number of fused-ring (bicyclic) bond motifs is 2. The van der Waals surface area contributed by atoms with E-state index in [1.54, 1.807) is 14.6 Å². The van der Waals surface area contributed by atoms with E-state index in [0.717, 1.165) is 6.67 Å². The van der Waals surface area contributed by atoms with Crippen LogP contribution in [0.2, 0.25) is 0 Å². The number of sulfonamides is 2. The van der Waals surface area contributed by atoms with Gasteiger partial charge in [-0.2, -0.15) is 9.66 Å². The van der Waals surface area contributed by atoms with Gasteiger partial charge in [-0.3, -0.25) is 21.9 Å². The molecule has 2 saturated heterocycles. The maximum absolute atomic E-state index is 11.5. The van der Waals surface area contributed by atoms with Gasteiger partial charge in [0.2, 0.25) is 0 Å². The Hall–Kier alpha value is -2.98. The van der Waals surface area contributed by atoms with Crippen molar-refractivity contribution in [1.82, 2.24) is 30.1 Å². The molecule has 4 rings (SSSR count). The summed E-state index contributed by atoms with van der Waals surface area (Å²) in [5.74, 6) is 8.97. The first-order chi connectivity index (χ1) is 17.1. The van der Waals surface area contributed by atoms with Gasteiger partial charge >= 0.3 is 5.91 Å². The van der Waals surface area contributed by atoms with Crippen LogP contribution in [0.4, 0.5) is 0 Å². The maximum atomic E-state index is 11.5. The topological polar surface area (TPSA) is 243 Å². The van der Waals surface area contributed by atoms with Crippen molar-refractivity contribution < 1.29 is 21.6 Å². The number of benzene rings is 2. The van der Waals surface area contributed by atoms with E-state index in [4.69, 9.17) is 16.4 Å². The van der Waals surface area contributed by atoms with E-state index >= 15 is 0 Å². The van der Waals surface area contributed by atoms with Gasteiger partial charge in [-0.25, -0.2) is 27.1 Å². The molecule has 0 aromatic heterocycles. The lowest BCUT2D eigenvalue weighted by Crippen LogP contribution is -2.71. The van der Waals surface area contributed by atoms with Crippen molar-refractivity contribution in [3.8, 4) is 11.5 Å². The second kappa shape index (κ2) is 11.4. The third kappa shape index (κ3) is 6.22. The highest BCUT2D eigenvalue weighted by atomic mass is 32.2. The molecule has 2 atom stereocenters. The number of hydrogen-bond acceptors (Lipinski definition) is 15. The van der Waals surface area contributed by atoms with Gasteiger partial charge in [-0.15, -0.1) is 9.81 Å². The molecule has 196 valence electrons. The summed E-state index contributed by atoms with van der Waals surface area (Å²) in [5, 5.41) is 11.2. The monoisotopic (exact) mass is 544 g/mol. The summed E-state index contributed by atoms with van der Waals surface area (Å²) in [6.07, 6.45) is 0. The summed E-state index contributed by atoms with van der Waals surface area (Å²) in [6.45, 7) is 2.12. The number of nitrogens with zero attached hydrogens (tertiary/aromatic N) is 4. The molecule has 36 heavy (non-hydrogen) atoms. The van der Waals surface area contributed by atoms with Crippen molar-refractivity contribution >= 4 is 20.0 Å². The minimum Gasteiger partial charge on any atom is -0.457 e. The van der Waals surface area contributed by atoms with Crippen LogP contribution in [0.3, 0.4) is 0 Å². The maximum Gasteiger partial charge on any atom is 0.346 e. The van der Waals surface area contributed by atoms with Crippen molar-refractivity contribution in [3.63, 3.8) is 0 Å². The quantitative estimate of drug-likeness (QED) is 0.127. The van der Waals surface area contributed by atoms with Crippen LogP contribution in [0.1, 0.15) is 0 Å². The Bertz CT molecular complexity index is 1190. The Labute approximate surface area is 206 Å². The van der Waals surface area contributed by atoms with E-state index in [2.05, 4.69) is 21.0 Å². The number of nitrogens with one attached hydrogen (secondary N) is 4. The van der Waals surface area contributed by atoms with Gasteiger partial charge in [0.1, 0.15) is 11.5 Å². The molecule has 2 bridgehead atoms. The molecule has 2 unspecified atom stereocenters. The lowest BCUT2D eigenvalue weighted by atomic mass is 10.3. The van der Waals surface area contributed by atoms with Crippen molar-refractivity contribution in [3.05, 3.63) is 58.3 Å². The number of nitroso groups, excluding NO2 is 2. The van der Waals surface area contributed by atoms with Crippen LogP contribution >= 0.6 is 0 Å². The predicted octanol–water partition coefficient (Wildman–Crippen LogP) is -1.45. The molecule has 2 aromatic carbocycles. The summed E-state index contributed by atoms with van der Waals surface area (Å²) in [4.78, 5) is 28.0. The fourth-order valence-electron chi connectivity index (χ4n) is 3.17. The van der Waals surface area contributed by atoms with E-state index in [1.165, 1.54) is 48.5 Å². The zero-order chi connectivity index (χ0) is 26.4. The Morgan fingerprint density at radius 3 is 1.69 bits per heavy atom. The standard InChI is InChI=1S/C12H14N4O5S2.C5H10N6O2/c13-15-22(17,18)11-5-1-9(2-6-11)21-10-3-7-12(8-4-10)23(19,20)16-14;12-8-5(9-13)7-3-10-1-6-2-11(5)4-10/h1-8,15-16H,13-14H2;6-7H,1-4H2. The summed E-state index contributed by atoms with van der Waals surface area (Å²) in [6, 6.07) is 11.0. The fraction of sp³-hybridized carbons (Fsp3) is 0.294. The third-order valence-electron chi connectivity index (χ3n) is 5.06. The molecule has 0 spiro atoms. The fourth-order valence-corrected chi connectivity index (χ4v) is 4.43. The second-order valence-corrected chi connectivity index (χ2v) is 10.8. The normalized spacial score (nSPS) is 20.9. The molecule has 19 heteroatoms. The zero-order valence-electron chi connectivity index (χ0n) is 18.6. The Morgan fingerprint density at radius 2 is 1.28 bits per heavy atom. The van der Waals surface area contributed by atoms with Crippen molar-refractivity contribution in [2.24, 2.45) is 22.0 Å². The first kappa shape index (κ1) is 27.6. The van der Waals surface area contributed by atoms with Crippen molar-refractivity contribution in [2.45, 2.75) is 15.7 Å². The summed E-state index contributed by atoms with van der Waals surface area (Å²) in [5.41, 5.74) is 0. The Morgan fingerprint density at radius 1 is 0.806 bits per heavy atom. The molecule has 0 radical (unpaired) electrons. The van der Waals surface area contributed by atoms with Gasteiger partial charge in [-0.1, -0.05) is 0 Å². The van der Waals surface area contributed by atoms with Crippen LogP contribution in [-0.4, -0.2) is 59.2 Å². The predicted molar refractivity (Wildman–Crippen MR) is 126 cm³/mol. The highest BCUT2D eigenvalue weighted by molar-refractivity contribution is 7.89. The Balaban J connectivity index is 0.000000233. The first-order valence-electron chi connectivity index (χ1n) is 10.0. The minimum atomic E-state index is -3.73. The van der Waals surface area contributed by atoms with E-state index in [9.17, 15) is 26.6 Å². The number of hydrazine groups is 2. The van der Waals surface area contributed by atoms with Crippen LogP contribution in [0, 0.1) is 9.81 Å². The molecule has 0 amide bonds. The molecular weight excluding hydrogens is 520 g/mol. The second-order valence-electron chi connectivity index (χ2n) is 7.36. The molecule has 2 heterocycles. The van der Waals surface area contributed by atoms with Gasteiger partial charge in [0, 0.05) is 0 Å². The number of nitrogens with two attached hydrogens (primary N) is 2. The van der Waals surface area contributed by atoms with E-state index in [0.29, 0.717) is 31.5 Å². The number of ether oxygens (including phenoxy) is 1. The van der Waals surface area contributed by atoms with Crippen LogP contribution in [-0.2, 0) is 20.0 Å². The molecule has 2 aliphatic rings. The summed E-state index contributed by atoms with van der Waals surface area (Å²) < 4.78 is 51.4. The van der Waals surface area contributed by atoms with Gasteiger partial charge < -0.3 is 4.74 Å². The Kier molecular flexibility index (Phi) is 8.73. The highest BCUT2D eigenvalue weighted by Gasteiger charge is 2.46. The first-order valence-corrected chi connectivity index (χ1v) is 13.0. The molecule has 2 fully saturated rings. The highest BCUT2D eigenvalue weighted by Crippen LogP contribution is 2.24. The summed E-state index contributed by atoms with van der Waals surface area (Å²) in [7, 11) is -7.45. The van der Waals surface area contributed by atoms with Crippen LogP contribution in [0.5, 0.6) is 11.5 Å². The molecule has 0 saturated carbocycles. The number of rotatable bonds is 8. The molecule has 2 aromatic rings. The molecular formula is C17H24N10O7S2. The van der Waals surface area contributed by atoms with Crippen LogP contribution < -0.4 is 36.7 Å². The van der Waals surface area contributed by atoms with Crippen molar-refractivity contribution in [2.75, 3.05) is 26.7 Å². The van der Waals surface area contributed by atoms with Crippen LogP contribution in [0.25, 0.3) is 0 Å². The van der Waals surface area contributed by atoms with Crippen LogP contribution in [0.15, 0.2) is 68.7 Å². The van der Waals surface area contributed by atoms with E-state index in [-0.39, 0.29) is 9.79 Å². The zero-order valence-corrected chi connectivity index (χ0v) is 20.2. The average Bonchev–Trinajstić information content (AvgIpc) is 2.90.